The van der Waals surface area contributed by atoms with Gasteiger partial charge in [0.25, 0.3) is 11.7 Å². The van der Waals surface area contributed by atoms with E-state index in [1.807, 2.05) is 0 Å². The smallest absolute Gasteiger partial charge is 0.316 e. The van der Waals surface area contributed by atoms with Gasteiger partial charge in [-0.25, -0.2) is 4.79 Å². The summed E-state index contributed by atoms with van der Waals surface area (Å²) in [5.41, 5.74) is 6.06. The van der Waals surface area contributed by atoms with Gasteiger partial charge in [-0.2, -0.15) is 8.78 Å². The minimum atomic E-state index is -2.58. The molecule has 0 unspecified atom stereocenters. The van der Waals surface area contributed by atoms with Crippen molar-refractivity contribution in [3.05, 3.63) is 54.1 Å². The summed E-state index contributed by atoms with van der Waals surface area (Å²) in [6.07, 6.45) is 0. The maximum atomic E-state index is 12.5. The quantitative estimate of drug-likeness (QED) is 0.727. The van der Waals surface area contributed by atoms with Gasteiger partial charge in [0.15, 0.2) is 0 Å². The lowest BCUT2D eigenvalue weighted by atomic mass is 10.2. The lowest BCUT2D eigenvalue weighted by molar-refractivity contribution is 0.102. The Balaban J connectivity index is 2.11. The number of alkyl halides is 2. The maximum absolute atomic E-state index is 12.5. The van der Waals surface area contributed by atoms with Crippen molar-refractivity contribution in [2.75, 3.05) is 10.6 Å². The molecule has 0 aliphatic carbocycles. The summed E-state index contributed by atoms with van der Waals surface area (Å²) in [6.45, 7) is 0. The van der Waals surface area contributed by atoms with Crippen LogP contribution in [0.15, 0.2) is 53.4 Å². The van der Waals surface area contributed by atoms with Crippen LogP contribution in [-0.2, 0) is 0 Å². The van der Waals surface area contributed by atoms with E-state index in [-0.39, 0.29) is 4.90 Å². The Morgan fingerprint density at radius 1 is 1.00 bits per heavy atom. The maximum Gasteiger partial charge on any atom is 0.316 e. The monoisotopic (exact) mass is 337 g/mol. The van der Waals surface area contributed by atoms with Crippen LogP contribution < -0.4 is 16.4 Å². The van der Waals surface area contributed by atoms with Crippen molar-refractivity contribution in [2.24, 2.45) is 5.73 Å². The van der Waals surface area contributed by atoms with Gasteiger partial charge in [-0.15, -0.1) is 0 Å². The van der Waals surface area contributed by atoms with E-state index in [1.54, 1.807) is 18.2 Å². The highest BCUT2D eigenvalue weighted by Crippen LogP contribution is 2.31. The molecule has 2 aromatic rings. The molecule has 0 aromatic heterocycles. The minimum Gasteiger partial charge on any atom is -0.351 e. The number of nitrogens with one attached hydrogen (secondary N) is 2. The van der Waals surface area contributed by atoms with E-state index < -0.39 is 17.7 Å². The first-order valence-electron chi connectivity index (χ1n) is 6.47. The molecule has 8 heteroatoms. The third-order valence-corrected chi connectivity index (χ3v) is 3.55. The predicted octanol–water partition coefficient (Wildman–Crippen LogP) is 3.74. The van der Waals surface area contributed by atoms with Gasteiger partial charge in [0.2, 0.25) is 0 Å². The van der Waals surface area contributed by atoms with E-state index in [1.165, 1.54) is 30.3 Å². The van der Waals surface area contributed by atoms with Crippen molar-refractivity contribution < 1.29 is 18.4 Å². The van der Waals surface area contributed by atoms with Crippen LogP contribution in [0, 0.1) is 0 Å². The zero-order valence-electron chi connectivity index (χ0n) is 11.8. The van der Waals surface area contributed by atoms with Crippen LogP contribution in [0.5, 0.6) is 0 Å². The number of thioether (sulfide) groups is 1. The first-order chi connectivity index (χ1) is 11.0. The second-order valence-corrected chi connectivity index (χ2v) is 5.43. The molecule has 2 rings (SSSR count). The largest absolute Gasteiger partial charge is 0.351 e. The summed E-state index contributed by atoms with van der Waals surface area (Å²) in [4.78, 5) is 23.2. The molecule has 0 saturated heterocycles. The standard InChI is InChI=1S/C15H13F2N3O2S/c16-14(17)23-12-4-2-1-3-11(12)20-13(21)9-5-7-10(8-6-9)19-15(18)22/h1-8,14H,(H,20,21)(H3,18,19,22). The first kappa shape index (κ1) is 16.8. The van der Waals surface area contributed by atoms with E-state index in [0.717, 1.165) is 0 Å². The fraction of sp³-hybridized carbons (Fsp3) is 0.0667. The first-order valence-corrected chi connectivity index (χ1v) is 7.35. The number of hydrogen-bond acceptors (Lipinski definition) is 3. The van der Waals surface area contributed by atoms with Gasteiger partial charge >= 0.3 is 6.03 Å². The Labute approximate surface area is 135 Å². The van der Waals surface area contributed by atoms with E-state index in [0.29, 0.717) is 28.7 Å². The van der Waals surface area contributed by atoms with Crippen LogP contribution in [0.3, 0.4) is 0 Å². The Morgan fingerprint density at radius 3 is 2.26 bits per heavy atom. The molecule has 0 aliphatic heterocycles. The van der Waals surface area contributed by atoms with Crippen molar-refractivity contribution in [3.63, 3.8) is 0 Å². The number of hydrogen-bond donors (Lipinski definition) is 3. The molecular formula is C15H13F2N3O2S. The van der Waals surface area contributed by atoms with Crippen LogP contribution in [0.4, 0.5) is 25.0 Å². The highest BCUT2D eigenvalue weighted by Gasteiger charge is 2.13. The average Bonchev–Trinajstić information content (AvgIpc) is 2.49. The molecule has 2 aromatic carbocycles. The van der Waals surface area contributed by atoms with Gasteiger partial charge in [-0.05, 0) is 36.4 Å². The molecule has 120 valence electrons. The Bertz CT molecular complexity index is 708. The molecule has 0 aliphatic rings. The second kappa shape index (κ2) is 7.59. The van der Waals surface area contributed by atoms with Crippen molar-refractivity contribution in [2.45, 2.75) is 10.7 Å². The highest BCUT2D eigenvalue weighted by atomic mass is 32.2. The van der Waals surface area contributed by atoms with Gasteiger partial charge in [0.1, 0.15) is 0 Å². The van der Waals surface area contributed by atoms with Crippen LogP contribution in [-0.4, -0.2) is 17.7 Å². The number of amides is 3. The van der Waals surface area contributed by atoms with Gasteiger partial charge < -0.3 is 16.4 Å². The normalized spacial score (nSPS) is 10.4. The van der Waals surface area contributed by atoms with Crippen LogP contribution in [0.2, 0.25) is 0 Å². The Kier molecular flexibility index (Phi) is 5.53. The molecule has 0 atom stereocenters. The number of urea groups is 1. The molecular weight excluding hydrogens is 324 g/mol. The summed E-state index contributed by atoms with van der Waals surface area (Å²) in [5, 5.41) is 4.96. The summed E-state index contributed by atoms with van der Waals surface area (Å²) in [5.74, 6) is -3.02. The molecule has 0 bridgehead atoms. The predicted molar refractivity (Wildman–Crippen MR) is 85.9 cm³/mol. The number of halogens is 2. The Hall–Kier alpha value is -2.61. The molecule has 0 fully saturated rings. The lowest BCUT2D eigenvalue weighted by Crippen LogP contribution is -2.19. The van der Waals surface area contributed by atoms with Gasteiger partial charge in [-0.1, -0.05) is 23.9 Å². The number of benzene rings is 2. The van der Waals surface area contributed by atoms with E-state index in [9.17, 15) is 18.4 Å². The Morgan fingerprint density at radius 2 is 1.65 bits per heavy atom. The summed E-state index contributed by atoms with van der Waals surface area (Å²) in [7, 11) is 0. The van der Waals surface area contributed by atoms with Crippen LogP contribution >= 0.6 is 11.8 Å². The third kappa shape index (κ3) is 4.96. The van der Waals surface area contributed by atoms with Crippen molar-refractivity contribution in [3.8, 4) is 0 Å². The molecule has 0 saturated carbocycles. The van der Waals surface area contributed by atoms with E-state index >= 15 is 0 Å². The summed E-state index contributed by atoms with van der Waals surface area (Å²) in [6, 6.07) is 11.6. The number of primary amides is 1. The van der Waals surface area contributed by atoms with Crippen LogP contribution in [0.1, 0.15) is 10.4 Å². The van der Waals surface area contributed by atoms with Gasteiger partial charge in [-0.3, -0.25) is 4.79 Å². The SMILES string of the molecule is NC(=O)Nc1ccc(C(=O)Nc2ccccc2SC(F)F)cc1. The summed E-state index contributed by atoms with van der Waals surface area (Å²) >= 11 is 0.362. The van der Waals surface area contributed by atoms with Crippen molar-refractivity contribution in [1.29, 1.82) is 0 Å². The molecule has 4 N–H and O–H groups in total. The fourth-order valence-corrected chi connectivity index (χ4v) is 2.41. The lowest BCUT2D eigenvalue weighted by Gasteiger charge is -2.10. The number of carbonyl (C=O) groups is 2. The van der Waals surface area contributed by atoms with Crippen molar-refractivity contribution in [1.82, 2.24) is 0 Å². The molecule has 0 spiro atoms. The zero-order valence-corrected chi connectivity index (χ0v) is 12.6. The van der Waals surface area contributed by atoms with E-state index in [4.69, 9.17) is 5.73 Å². The summed E-state index contributed by atoms with van der Waals surface area (Å²) < 4.78 is 25.0. The number of anilines is 2. The number of carbonyl (C=O) groups excluding carboxylic acids is 2. The molecule has 23 heavy (non-hydrogen) atoms. The number of para-hydroxylation sites is 1. The highest BCUT2D eigenvalue weighted by molar-refractivity contribution is 7.99. The number of nitrogens with two attached hydrogens (primary N) is 1. The molecule has 5 nitrogen and oxygen atoms in total. The van der Waals surface area contributed by atoms with Crippen LogP contribution in [0.25, 0.3) is 0 Å². The molecule has 0 heterocycles. The zero-order chi connectivity index (χ0) is 16.8. The van der Waals surface area contributed by atoms with E-state index in [2.05, 4.69) is 10.6 Å². The fourth-order valence-electron chi connectivity index (χ4n) is 1.81. The van der Waals surface area contributed by atoms with Gasteiger partial charge in [0, 0.05) is 16.1 Å². The average molecular weight is 337 g/mol. The topological polar surface area (TPSA) is 84.2 Å². The second-order valence-electron chi connectivity index (χ2n) is 4.40. The molecule has 0 radical (unpaired) electrons. The minimum absolute atomic E-state index is 0.280. The van der Waals surface area contributed by atoms with Gasteiger partial charge in [0.05, 0.1) is 5.69 Å². The third-order valence-electron chi connectivity index (χ3n) is 2.77. The molecule has 3 amide bonds. The van der Waals surface area contributed by atoms with Crippen molar-refractivity contribution >= 4 is 35.1 Å². The number of rotatable bonds is 5.